The van der Waals surface area contributed by atoms with E-state index in [-0.39, 0.29) is 6.61 Å². The number of anilines is 1. The number of rotatable bonds is 3. The van der Waals surface area contributed by atoms with E-state index in [0.717, 1.165) is 43.7 Å². The summed E-state index contributed by atoms with van der Waals surface area (Å²) in [6.45, 7) is 4.22. The van der Waals surface area contributed by atoms with Gasteiger partial charge in [0.2, 0.25) is 5.82 Å². The van der Waals surface area contributed by atoms with E-state index < -0.39 is 0 Å². The summed E-state index contributed by atoms with van der Waals surface area (Å²) < 4.78 is 13.7. The van der Waals surface area contributed by atoms with E-state index >= 15 is 0 Å². The zero-order chi connectivity index (χ0) is 11.4. The van der Waals surface area contributed by atoms with Crippen molar-refractivity contribution in [3.05, 3.63) is 0 Å². The third-order valence-corrected chi connectivity index (χ3v) is 3.04. The Balaban J connectivity index is 2.03. The predicted molar refractivity (Wildman–Crippen MR) is 63.9 cm³/mol. The Morgan fingerprint density at radius 1 is 1.38 bits per heavy atom. The van der Waals surface area contributed by atoms with Gasteiger partial charge in [-0.25, -0.2) is 0 Å². The third-order valence-electron chi connectivity index (χ3n) is 2.54. The van der Waals surface area contributed by atoms with Crippen molar-refractivity contribution in [3.8, 4) is 18.2 Å². The molecule has 0 N–H and O–H groups in total. The fraction of sp³-hybridized carbons (Fsp3) is 0.600. The van der Waals surface area contributed by atoms with Crippen LogP contribution < -0.4 is 9.64 Å². The summed E-state index contributed by atoms with van der Waals surface area (Å²) in [4.78, 5) is 4.48. The van der Waals surface area contributed by atoms with Crippen LogP contribution in [0.15, 0.2) is 0 Å². The predicted octanol–water partition coefficient (Wildman–Crippen LogP) is 0.302. The van der Waals surface area contributed by atoms with E-state index in [9.17, 15) is 0 Å². The van der Waals surface area contributed by atoms with Crippen molar-refractivity contribution in [2.24, 2.45) is 0 Å². The molecule has 1 fully saturated rings. The van der Waals surface area contributed by atoms with Crippen LogP contribution in [-0.2, 0) is 0 Å². The van der Waals surface area contributed by atoms with Crippen LogP contribution in [0.4, 0.5) is 5.82 Å². The zero-order valence-electron chi connectivity index (χ0n) is 9.22. The molecule has 5 nitrogen and oxygen atoms in total. The summed E-state index contributed by atoms with van der Waals surface area (Å²) in [6, 6.07) is 0. The molecule has 0 saturated carbocycles. The molecule has 2 heterocycles. The van der Waals surface area contributed by atoms with Crippen LogP contribution in [0.2, 0.25) is 0 Å². The van der Waals surface area contributed by atoms with Crippen LogP contribution in [-0.4, -0.2) is 53.5 Å². The Morgan fingerprint density at radius 3 is 2.81 bits per heavy atom. The first-order chi connectivity index (χ1) is 7.81. The second-order valence-electron chi connectivity index (χ2n) is 3.68. The van der Waals surface area contributed by atoms with Crippen molar-refractivity contribution in [1.29, 1.82) is 0 Å². The highest BCUT2D eigenvalue weighted by Gasteiger charge is 2.20. The highest BCUT2D eigenvalue weighted by atomic mass is 32.1. The molecular weight excluding hydrogens is 224 g/mol. The fourth-order valence-electron chi connectivity index (χ4n) is 1.59. The van der Waals surface area contributed by atoms with Gasteiger partial charge in [-0.15, -0.1) is 10.8 Å². The van der Waals surface area contributed by atoms with Crippen molar-refractivity contribution in [3.63, 3.8) is 0 Å². The van der Waals surface area contributed by atoms with Gasteiger partial charge < -0.3 is 14.5 Å². The van der Waals surface area contributed by atoms with Crippen LogP contribution in [0.1, 0.15) is 0 Å². The van der Waals surface area contributed by atoms with Gasteiger partial charge in [0, 0.05) is 26.2 Å². The molecule has 0 spiro atoms. The minimum absolute atomic E-state index is 0.242. The van der Waals surface area contributed by atoms with Gasteiger partial charge in [-0.05, 0) is 7.05 Å². The Kier molecular flexibility index (Phi) is 3.59. The van der Waals surface area contributed by atoms with E-state index in [0.29, 0.717) is 5.88 Å². The number of piperazine rings is 1. The first-order valence-electron chi connectivity index (χ1n) is 5.13. The molecule has 0 aliphatic carbocycles. The Labute approximate surface area is 99.3 Å². The maximum absolute atomic E-state index is 5.35. The molecule has 1 aliphatic rings. The Bertz CT molecular complexity index is 378. The third kappa shape index (κ3) is 2.43. The van der Waals surface area contributed by atoms with Crippen molar-refractivity contribution >= 4 is 17.5 Å². The van der Waals surface area contributed by atoms with Gasteiger partial charge >= 0.3 is 0 Å². The SMILES string of the molecule is C#CCOc1nsnc1N1CCN(C)CC1. The van der Waals surface area contributed by atoms with Crippen molar-refractivity contribution in [1.82, 2.24) is 13.6 Å². The number of hydrogen-bond acceptors (Lipinski definition) is 6. The van der Waals surface area contributed by atoms with Gasteiger partial charge in [-0.1, -0.05) is 5.92 Å². The molecule has 1 aromatic heterocycles. The smallest absolute Gasteiger partial charge is 0.271 e. The number of ether oxygens (including phenoxy) is 1. The highest BCUT2D eigenvalue weighted by molar-refractivity contribution is 6.99. The Morgan fingerprint density at radius 2 is 2.12 bits per heavy atom. The molecule has 1 aliphatic heterocycles. The minimum Gasteiger partial charge on any atom is -0.461 e. The Hall–Kier alpha value is -1.32. The van der Waals surface area contributed by atoms with Gasteiger partial charge in [0.25, 0.3) is 5.88 Å². The summed E-state index contributed by atoms with van der Waals surface area (Å²) in [5, 5.41) is 0. The molecule has 2 rings (SSSR count). The van der Waals surface area contributed by atoms with E-state index in [2.05, 4.69) is 31.5 Å². The summed E-state index contributed by atoms with van der Waals surface area (Å²) in [5.74, 6) is 3.82. The highest BCUT2D eigenvalue weighted by Crippen LogP contribution is 2.26. The summed E-state index contributed by atoms with van der Waals surface area (Å²) in [6.07, 6.45) is 5.15. The van der Waals surface area contributed by atoms with Crippen molar-refractivity contribution in [2.45, 2.75) is 0 Å². The first-order valence-corrected chi connectivity index (χ1v) is 5.86. The molecule has 16 heavy (non-hydrogen) atoms. The van der Waals surface area contributed by atoms with E-state index in [1.54, 1.807) is 0 Å². The normalized spacial score (nSPS) is 17.1. The van der Waals surface area contributed by atoms with Crippen LogP contribution in [0.3, 0.4) is 0 Å². The number of terminal acetylenes is 1. The summed E-state index contributed by atoms with van der Waals surface area (Å²) >= 11 is 1.16. The molecule has 0 unspecified atom stereocenters. The number of likely N-dealkylation sites (N-methyl/N-ethyl adjacent to an activating group) is 1. The first kappa shape index (κ1) is 11.2. The number of nitrogens with zero attached hydrogens (tertiary/aromatic N) is 4. The molecule has 0 bridgehead atoms. The van der Waals surface area contributed by atoms with Gasteiger partial charge in [0.1, 0.15) is 0 Å². The standard InChI is InChI=1S/C10H14N4OS/c1-3-8-15-10-9(11-16-12-10)14-6-4-13(2)5-7-14/h1H,4-8H2,2H3. The second kappa shape index (κ2) is 5.14. The van der Waals surface area contributed by atoms with Crippen LogP contribution >= 0.6 is 11.7 Å². The average Bonchev–Trinajstić information content (AvgIpc) is 2.75. The molecule has 0 radical (unpaired) electrons. The number of aromatic nitrogens is 2. The monoisotopic (exact) mass is 238 g/mol. The second-order valence-corrected chi connectivity index (χ2v) is 4.20. The van der Waals surface area contributed by atoms with Gasteiger partial charge in [0.15, 0.2) is 6.61 Å². The number of hydrogen-bond donors (Lipinski definition) is 0. The topological polar surface area (TPSA) is 41.5 Å². The lowest BCUT2D eigenvalue weighted by molar-refractivity contribution is 0.308. The lowest BCUT2D eigenvalue weighted by Gasteiger charge is -2.32. The maximum atomic E-state index is 5.35. The summed E-state index contributed by atoms with van der Waals surface area (Å²) in [7, 11) is 2.12. The average molecular weight is 238 g/mol. The van der Waals surface area contributed by atoms with Crippen molar-refractivity contribution in [2.75, 3.05) is 44.7 Å². The van der Waals surface area contributed by atoms with Crippen LogP contribution in [0.5, 0.6) is 5.88 Å². The molecule has 1 aromatic rings. The fourth-order valence-corrected chi connectivity index (χ4v) is 2.11. The summed E-state index contributed by atoms with van der Waals surface area (Å²) in [5.41, 5.74) is 0. The van der Waals surface area contributed by atoms with E-state index in [4.69, 9.17) is 11.2 Å². The van der Waals surface area contributed by atoms with Crippen LogP contribution in [0, 0.1) is 12.3 Å². The van der Waals surface area contributed by atoms with Gasteiger partial charge in [0.05, 0.1) is 11.7 Å². The van der Waals surface area contributed by atoms with Gasteiger partial charge in [-0.2, -0.15) is 4.37 Å². The van der Waals surface area contributed by atoms with Crippen LogP contribution in [0.25, 0.3) is 0 Å². The van der Waals surface area contributed by atoms with E-state index in [1.165, 1.54) is 0 Å². The molecule has 86 valence electrons. The largest absolute Gasteiger partial charge is 0.461 e. The van der Waals surface area contributed by atoms with E-state index in [1.807, 2.05) is 0 Å². The quantitative estimate of drug-likeness (QED) is 0.709. The molecule has 1 saturated heterocycles. The molecule has 0 amide bonds. The molecular formula is C10H14N4OS. The molecule has 0 aromatic carbocycles. The van der Waals surface area contributed by atoms with Crippen molar-refractivity contribution < 1.29 is 4.74 Å². The lowest BCUT2D eigenvalue weighted by Crippen LogP contribution is -2.44. The molecule has 0 atom stereocenters. The minimum atomic E-state index is 0.242. The lowest BCUT2D eigenvalue weighted by atomic mass is 10.3. The maximum Gasteiger partial charge on any atom is 0.271 e. The zero-order valence-corrected chi connectivity index (χ0v) is 10.0. The van der Waals surface area contributed by atoms with Gasteiger partial charge in [-0.3, -0.25) is 0 Å². The molecule has 6 heteroatoms.